The third-order valence-electron chi connectivity index (χ3n) is 2.73. The zero-order valence-electron chi connectivity index (χ0n) is 11.0. The lowest BCUT2D eigenvalue weighted by Gasteiger charge is -1.97. The molecule has 0 bridgehead atoms. The molecule has 1 heteroatoms. The van der Waals surface area contributed by atoms with Crippen molar-refractivity contribution in [2.45, 2.75) is 45.4 Å². The minimum Gasteiger partial charge on any atom is -0.497 e. The summed E-state index contributed by atoms with van der Waals surface area (Å²) in [6, 6.07) is 7.91. The SMILES string of the molecule is CCCCCCCC#Cc1ccc(OC)cc1. The van der Waals surface area contributed by atoms with E-state index in [0.29, 0.717) is 0 Å². The fraction of sp³-hybridized carbons (Fsp3) is 0.500. The van der Waals surface area contributed by atoms with E-state index < -0.39 is 0 Å². The molecule has 0 aliphatic heterocycles. The van der Waals surface area contributed by atoms with Crippen molar-refractivity contribution in [3.63, 3.8) is 0 Å². The van der Waals surface area contributed by atoms with E-state index in [-0.39, 0.29) is 0 Å². The summed E-state index contributed by atoms with van der Waals surface area (Å²) in [6.07, 6.45) is 7.55. The Morgan fingerprint density at radius 1 is 1.00 bits per heavy atom. The minimum atomic E-state index is 0.884. The van der Waals surface area contributed by atoms with E-state index in [2.05, 4.69) is 18.8 Å². The van der Waals surface area contributed by atoms with Gasteiger partial charge in [-0.05, 0) is 30.7 Å². The normalized spacial score (nSPS) is 9.53. The van der Waals surface area contributed by atoms with Crippen LogP contribution in [0.4, 0.5) is 0 Å². The van der Waals surface area contributed by atoms with Crippen LogP contribution in [-0.2, 0) is 0 Å². The molecule has 1 rings (SSSR count). The maximum Gasteiger partial charge on any atom is 0.118 e. The molecule has 0 saturated carbocycles. The molecule has 17 heavy (non-hydrogen) atoms. The van der Waals surface area contributed by atoms with Gasteiger partial charge in [-0.15, -0.1) is 0 Å². The lowest BCUT2D eigenvalue weighted by molar-refractivity contribution is 0.415. The van der Waals surface area contributed by atoms with Crippen molar-refractivity contribution < 1.29 is 4.74 Å². The van der Waals surface area contributed by atoms with Gasteiger partial charge in [-0.3, -0.25) is 0 Å². The second kappa shape index (κ2) is 8.70. The van der Waals surface area contributed by atoms with Gasteiger partial charge in [0.2, 0.25) is 0 Å². The van der Waals surface area contributed by atoms with Crippen LogP contribution in [-0.4, -0.2) is 7.11 Å². The number of rotatable bonds is 6. The largest absolute Gasteiger partial charge is 0.497 e. The minimum absolute atomic E-state index is 0.884. The lowest BCUT2D eigenvalue weighted by atomic mass is 10.1. The molecule has 0 N–H and O–H groups in total. The summed E-state index contributed by atoms with van der Waals surface area (Å²) in [5.41, 5.74) is 1.07. The highest BCUT2D eigenvalue weighted by Gasteiger charge is 1.90. The maximum atomic E-state index is 5.10. The Balaban J connectivity index is 2.24. The molecular weight excluding hydrogens is 208 g/mol. The Kier molecular flexibility index (Phi) is 6.98. The van der Waals surface area contributed by atoms with Crippen molar-refractivity contribution in [1.82, 2.24) is 0 Å². The molecule has 0 unspecified atom stereocenters. The molecule has 0 aliphatic rings. The summed E-state index contributed by atoms with van der Waals surface area (Å²) < 4.78 is 5.10. The molecule has 0 heterocycles. The van der Waals surface area contributed by atoms with Gasteiger partial charge in [0.25, 0.3) is 0 Å². The quantitative estimate of drug-likeness (QED) is 0.519. The van der Waals surface area contributed by atoms with Crippen molar-refractivity contribution in [1.29, 1.82) is 0 Å². The molecule has 0 amide bonds. The maximum absolute atomic E-state index is 5.10. The molecule has 1 nitrogen and oxygen atoms in total. The third-order valence-corrected chi connectivity index (χ3v) is 2.73. The summed E-state index contributed by atoms with van der Waals surface area (Å²) in [7, 11) is 1.68. The molecule has 1 aromatic carbocycles. The number of hydrogen-bond acceptors (Lipinski definition) is 1. The molecule has 1 aromatic rings. The second-order valence-electron chi connectivity index (χ2n) is 4.19. The van der Waals surface area contributed by atoms with Gasteiger partial charge in [-0.2, -0.15) is 0 Å². The zero-order valence-corrected chi connectivity index (χ0v) is 11.0. The Hall–Kier alpha value is -1.42. The van der Waals surface area contributed by atoms with Gasteiger partial charge >= 0.3 is 0 Å². The van der Waals surface area contributed by atoms with Crippen LogP contribution < -0.4 is 4.74 Å². The van der Waals surface area contributed by atoms with Gasteiger partial charge in [0.05, 0.1) is 7.11 Å². The number of hydrogen-bond donors (Lipinski definition) is 0. The topological polar surface area (TPSA) is 9.23 Å². The van der Waals surface area contributed by atoms with Gasteiger partial charge in [0.15, 0.2) is 0 Å². The van der Waals surface area contributed by atoms with Crippen LogP contribution in [0.3, 0.4) is 0 Å². The number of methoxy groups -OCH3 is 1. The molecule has 0 atom stereocenters. The van der Waals surface area contributed by atoms with Crippen molar-refractivity contribution >= 4 is 0 Å². The highest BCUT2D eigenvalue weighted by Crippen LogP contribution is 2.10. The van der Waals surface area contributed by atoms with E-state index >= 15 is 0 Å². The van der Waals surface area contributed by atoms with Crippen molar-refractivity contribution in [3.8, 4) is 17.6 Å². The summed E-state index contributed by atoms with van der Waals surface area (Å²) >= 11 is 0. The van der Waals surface area contributed by atoms with E-state index in [9.17, 15) is 0 Å². The first-order valence-corrected chi connectivity index (χ1v) is 6.49. The van der Waals surface area contributed by atoms with Crippen LogP contribution in [0.1, 0.15) is 51.0 Å². The van der Waals surface area contributed by atoms with E-state index in [0.717, 1.165) is 17.7 Å². The molecule has 0 radical (unpaired) electrons. The predicted octanol–water partition coefficient (Wildman–Crippen LogP) is 4.41. The summed E-state index contributed by atoms with van der Waals surface area (Å²) in [5.74, 6) is 7.29. The van der Waals surface area contributed by atoms with Gasteiger partial charge in [-0.1, -0.05) is 44.4 Å². The number of benzene rings is 1. The number of ether oxygens (including phenoxy) is 1. The van der Waals surface area contributed by atoms with Gasteiger partial charge < -0.3 is 4.74 Å². The zero-order chi connectivity index (χ0) is 12.3. The van der Waals surface area contributed by atoms with E-state index in [1.165, 1.54) is 32.1 Å². The van der Waals surface area contributed by atoms with E-state index in [1.807, 2.05) is 24.3 Å². The molecule has 92 valence electrons. The first-order valence-electron chi connectivity index (χ1n) is 6.49. The first-order chi connectivity index (χ1) is 8.36. The Morgan fingerprint density at radius 2 is 1.71 bits per heavy atom. The summed E-state index contributed by atoms with van der Waals surface area (Å²) in [6.45, 7) is 2.24. The van der Waals surface area contributed by atoms with Crippen LogP contribution in [0.5, 0.6) is 5.75 Å². The van der Waals surface area contributed by atoms with E-state index in [1.54, 1.807) is 7.11 Å². The first kappa shape index (κ1) is 13.6. The fourth-order valence-corrected chi connectivity index (χ4v) is 1.66. The fourth-order valence-electron chi connectivity index (χ4n) is 1.66. The van der Waals surface area contributed by atoms with E-state index in [4.69, 9.17) is 4.74 Å². The van der Waals surface area contributed by atoms with Gasteiger partial charge in [0.1, 0.15) is 5.75 Å². The molecule has 0 spiro atoms. The highest BCUT2D eigenvalue weighted by molar-refractivity contribution is 5.38. The van der Waals surface area contributed by atoms with Crippen molar-refractivity contribution in [3.05, 3.63) is 29.8 Å². The predicted molar refractivity (Wildman–Crippen MR) is 73.2 cm³/mol. The third kappa shape index (κ3) is 6.02. The summed E-state index contributed by atoms with van der Waals surface area (Å²) in [4.78, 5) is 0. The lowest BCUT2D eigenvalue weighted by Crippen LogP contribution is -1.82. The number of unbranched alkanes of at least 4 members (excludes halogenated alkanes) is 5. The van der Waals surface area contributed by atoms with Crippen LogP contribution in [0.25, 0.3) is 0 Å². The Morgan fingerprint density at radius 3 is 2.35 bits per heavy atom. The molecule has 0 saturated heterocycles. The van der Waals surface area contributed by atoms with Crippen LogP contribution in [0.2, 0.25) is 0 Å². The van der Waals surface area contributed by atoms with Crippen LogP contribution in [0, 0.1) is 11.8 Å². The van der Waals surface area contributed by atoms with Crippen molar-refractivity contribution in [2.24, 2.45) is 0 Å². The second-order valence-corrected chi connectivity index (χ2v) is 4.19. The smallest absolute Gasteiger partial charge is 0.118 e. The molecule has 0 aromatic heterocycles. The highest BCUT2D eigenvalue weighted by atomic mass is 16.5. The van der Waals surface area contributed by atoms with Crippen molar-refractivity contribution in [2.75, 3.05) is 7.11 Å². The Bertz CT molecular complexity index is 353. The standard InChI is InChI=1S/C16H22O/c1-3-4-5-6-7-8-9-10-15-11-13-16(17-2)14-12-15/h11-14H,3-8H2,1-2H3. The molecular formula is C16H22O. The monoisotopic (exact) mass is 230 g/mol. The van der Waals surface area contributed by atoms with Gasteiger partial charge in [-0.25, -0.2) is 0 Å². The molecule has 0 fully saturated rings. The van der Waals surface area contributed by atoms with Gasteiger partial charge in [0, 0.05) is 12.0 Å². The average Bonchev–Trinajstić information content (AvgIpc) is 2.38. The van der Waals surface area contributed by atoms with Crippen LogP contribution in [0.15, 0.2) is 24.3 Å². The van der Waals surface area contributed by atoms with Crippen LogP contribution >= 0.6 is 0 Å². The Labute approximate surface area is 105 Å². The summed E-state index contributed by atoms with van der Waals surface area (Å²) in [5, 5.41) is 0. The molecule has 0 aliphatic carbocycles. The average molecular weight is 230 g/mol.